The van der Waals surface area contributed by atoms with Gasteiger partial charge in [0.1, 0.15) is 5.75 Å². The number of ether oxygens (including phenoxy) is 3. The van der Waals surface area contributed by atoms with E-state index in [2.05, 4.69) is 44.3 Å². The number of carbonyl (C=O) groups is 1. The van der Waals surface area contributed by atoms with Crippen LogP contribution in [-0.4, -0.2) is 80.8 Å². The van der Waals surface area contributed by atoms with Gasteiger partial charge in [-0.15, -0.1) is 0 Å². The topological polar surface area (TPSA) is 63.3 Å². The Bertz CT molecular complexity index is 947. The number of rotatable bonds is 11. The molecular formula is C28H39N3O4S. The summed E-state index contributed by atoms with van der Waals surface area (Å²) in [4.78, 5) is 13.1. The molecule has 196 valence electrons. The Kier molecular flexibility index (Phi) is 10.1. The minimum Gasteiger partial charge on any atom is -0.496 e. The number of amides is 1. The minimum absolute atomic E-state index is 0.0885. The van der Waals surface area contributed by atoms with Gasteiger partial charge in [-0.1, -0.05) is 42.5 Å². The summed E-state index contributed by atoms with van der Waals surface area (Å²) >= 11 is 1.85. The quantitative estimate of drug-likeness (QED) is 0.453. The van der Waals surface area contributed by atoms with Crippen LogP contribution in [0.5, 0.6) is 5.75 Å². The number of hydrogen-bond acceptors (Lipinski definition) is 7. The lowest BCUT2D eigenvalue weighted by Gasteiger charge is -2.44. The molecule has 0 aromatic heterocycles. The van der Waals surface area contributed by atoms with Crippen LogP contribution in [-0.2, 0) is 14.9 Å². The Morgan fingerprint density at radius 1 is 1.08 bits per heavy atom. The fourth-order valence-corrected chi connectivity index (χ4v) is 6.34. The number of carbonyl (C=O) groups excluding carboxylic acids is 1. The maximum Gasteiger partial charge on any atom is 0.255 e. The van der Waals surface area contributed by atoms with Crippen molar-refractivity contribution >= 4 is 18.0 Å². The Morgan fingerprint density at radius 3 is 2.47 bits per heavy atom. The Labute approximate surface area is 219 Å². The number of para-hydroxylation sites is 1. The molecule has 0 radical (unpaired) electrons. The van der Waals surface area contributed by atoms with Gasteiger partial charge in [-0.3, -0.25) is 4.79 Å². The molecule has 1 N–H and O–H groups in total. The molecule has 2 fully saturated rings. The molecule has 0 atom stereocenters. The van der Waals surface area contributed by atoms with E-state index in [1.165, 1.54) is 5.56 Å². The highest BCUT2D eigenvalue weighted by molar-refractivity contribution is 7.94. The lowest BCUT2D eigenvalue weighted by Crippen LogP contribution is -2.47. The maximum atomic E-state index is 13.1. The van der Waals surface area contributed by atoms with Crippen molar-refractivity contribution in [2.45, 2.75) is 37.1 Å². The second kappa shape index (κ2) is 13.4. The molecule has 0 bridgehead atoms. The maximum absolute atomic E-state index is 13.1. The standard InChI is InChI=1S/C28H39N3O4S/c1-33-19-18-31(36-30-16-20-35-21-17-30)24-12-14-28(15-13-24,23-8-4-3-5-9-23)22-29-27(32)25-10-6-7-11-26(25)34-2/h3-11,24H,12-22H2,1-2H3,(H,29,32). The van der Waals surface area contributed by atoms with Gasteiger partial charge < -0.3 is 19.5 Å². The highest BCUT2D eigenvalue weighted by atomic mass is 32.2. The zero-order valence-electron chi connectivity index (χ0n) is 21.5. The van der Waals surface area contributed by atoms with Crippen LogP contribution in [0.2, 0.25) is 0 Å². The molecule has 1 saturated carbocycles. The lowest BCUT2D eigenvalue weighted by molar-refractivity contribution is 0.0734. The third-order valence-corrected chi connectivity index (χ3v) is 8.64. The number of nitrogens with zero attached hydrogens (tertiary/aromatic N) is 2. The summed E-state index contributed by atoms with van der Waals surface area (Å²) in [6.07, 6.45) is 4.17. The van der Waals surface area contributed by atoms with Gasteiger partial charge in [0.2, 0.25) is 0 Å². The van der Waals surface area contributed by atoms with Gasteiger partial charge in [0, 0.05) is 56.9 Å². The van der Waals surface area contributed by atoms with E-state index in [4.69, 9.17) is 14.2 Å². The van der Waals surface area contributed by atoms with Gasteiger partial charge in [0.25, 0.3) is 5.91 Å². The average molecular weight is 514 g/mol. The summed E-state index contributed by atoms with van der Waals surface area (Å²) < 4.78 is 21.3. The molecule has 1 heterocycles. The predicted molar refractivity (Wildman–Crippen MR) is 144 cm³/mol. The van der Waals surface area contributed by atoms with E-state index < -0.39 is 0 Å². The molecule has 7 nitrogen and oxygen atoms in total. The molecule has 1 amide bonds. The molecule has 0 spiro atoms. The third kappa shape index (κ3) is 6.81. The van der Waals surface area contributed by atoms with Crippen LogP contribution in [0.1, 0.15) is 41.6 Å². The van der Waals surface area contributed by atoms with E-state index in [0.717, 1.165) is 58.5 Å². The monoisotopic (exact) mass is 513 g/mol. The number of hydrogen-bond donors (Lipinski definition) is 1. The Balaban J connectivity index is 1.46. The largest absolute Gasteiger partial charge is 0.496 e. The summed E-state index contributed by atoms with van der Waals surface area (Å²) in [7, 11) is 3.37. The first-order chi connectivity index (χ1) is 17.6. The van der Waals surface area contributed by atoms with Crippen molar-refractivity contribution < 1.29 is 19.0 Å². The smallest absolute Gasteiger partial charge is 0.255 e. The van der Waals surface area contributed by atoms with Gasteiger partial charge >= 0.3 is 0 Å². The molecule has 2 aliphatic rings. The van der Waals surface area contributed by atoms with Gasteiger partial charge in [-0.05, 0) is 43.4 Å². The summed E-state index contributed by atoms with van der Waals surface area (Å²) in [5.41, 5.74) is 1.78. The molecule has 1 saturated heterocycles. The van der Waals surface area contributed by atoms with Crippen LogP contribution in [0.15, 0.2) is 54.6 Å². The summed E-state index contributed by atoms with van der Waals surface area (Å²) in [6.45, 7) is 5.69. The summed E-state index contributed by atoms with van der Waals surface area (Å²) in [5.74, 6) is 0.510. The van der Waals surface area contributed by atoms with Crippen molar-refractivity contribution in [3.05, 3.63) is 65.7 Å². The van der Waals surface area contributed by atoms with Crippen LogP contribution >= 0.6 is 12.1 Å². The molecule has 1 aliphatic carbocycles. The Morgan fingerprint density at radius 2 is 1.78 bits per heavy atom. The summed E-state index contributed by atoms with van der Waals surface area (Å²) in [5, 5.41) is 3.25. The third-order valence-electron chi connectivity index (χ3n) is 7.35. The molecule has 2 aromatic carbocycles. The number of morpholine rings is 1. The van der Waals surface area contributed by atoms with Crippen molar-refractivity contribution in [2.75, 3.05) is 60.2 Å². The second-order valence-electron chi connectivity index (χ2n) is 9.52. The SMILES string of the molecule is COCCN(SN1CCOCC1)C1CCC(CNC(=O)c2ccccc2OC)(c2ccccc2)CC1. The highest BCUT2D eigenvalue weighted by Gasteiger charge is 2.39. The van der Waals surface area contributed by atoms with Crippen molar-refractivity contribution in [1.29, 1.82) is 0 Å². The number of benzene rings is 2. The minimum atomic E-state index is -0.0913. The van der Waals surface area contributed by atoms with E-state index >= 15 is 0 Å². The van der Waals surface area contributed by atoms with Gasteiger partial charge in [-0.25, -0.2) is 8.61 Å². The van der Waals surface area contributed by atoms with Crippen LogP contribution in [0, 0.1) is 0 Å². The van der Waals surface area contributed by atoms with Crippen molar-refractivity contribution in [3.8, 4) is 5.75 Å². The molecule has 36 heavy (non-hydrogen) atoms. The first-order valence-corrected chi connectivity index (χ1v) is 13.6. The average Bonchev–Trinajstić information content (AvgIpc) is 2.95. The second-order valence-corrected chi connectivity index (χ2v) is 10.7. The van der Waals surface area contributed by atoms with Crippen molar-refractivity contribution in [2.24, 2.45) is 0 Å². The van der Waals surface area contributed by atoms with E-state index in [-0.39, 0.29) is 11.3 Å². The zero-order chi connectivity index (χ0) is 25.2. The van der Waals surface area contributed by atoms with Crippen molar-refractivity contribution in [1.82, 2.24) is 13.9 Å². The molecule has 0 unspecified atom stereocenters. The summed E-state index contributed by atoms with van der Waals surface area (Å²) in [6, 6.07) is 18.5. The highest BCUT2D eigenvalue weighted by Crippen LogP contribution is 2.42. The van der Waals surface area contributed by atoms with Crippen LogP contribution in [0.3, 0.4) is 0 Å². The van der Waals surface area contributed by atoms with Crippen LogP contribution in [0.4, 0.5) is 0 Å². The fraction of sp³-hybridized carbons (Fsp3) is 0.536. The van der Waals surface area contributed by atoms with Crippen molar-refractivity contribution in [3.63, 3.8) is 0 Å². The van der Waals surface area contributed by atoms with Gasteiger partial charge in [-0.2, -0.15) is 0 Å². The molecule has 8 heteroatoms. The fourth-order valence-electron chi connectivity index (χ4n) is 5.23. The zero-order valence-corrected chi connectivity index (χ0v) is 22.3. The van der Waals surface area contributed by atoms with Crippen LogP contribution < -0.4 is 10.1 Å². The number of nitrogens with one attached hydrogen (secondary N) is 1. The predicted octanol–water partition coefficient (Wildman–Crippen LogP) is 4.15. The van der Waals surface area contributed by atoms with E-state index in [9.17, 15) is 4.79 Å². The molecule has 2 aromatic rings. The number of methoxy groups -OCH3 is 2. The normalized spacial score (nSPS) is 22.9. The molecule has 1 aliphatic heterocycles. The van der Waals surface area contributed by atoms with Gasteiger partial charge in [0.15, 0.2) is 0 Å². The molecule has 4 rings (SSSR count). The first-order valence-electron chi connectivity index (χ1n) is 12.9. The first kappa shape index (κ1) is 26.9. The lowest BCUT2D eigenvalue weighted by atomic mass is 9.68. The van der Waals surface area contributed by atoms with E-state index in [1.807, 2.05) is 36.4 Å². The molecular weight excluding hydrogens is 474 g/mol. The van der Waals surface area contributed by atoms with E-state index in [0.29, 0.717) is 30.5 Å². The van der Waals surface area contributed by atoms with E-state index in [1.54, 1.807) is 14.2 Å². The van der Waals surface area contributed by atoms with Gasteiger partial charge in [0.05, 0.1) is 32.5 Å². The van der Waals surface area contributed by atoms with Crippen LogP contribution in [0.25, 0.3) is 0 Å². The Hall–Kier alpha value is -2.10.